The van der Waals surface area contributed by atoms with Crippen LogP contribution in [0.5, 0.6) is 5.75 Å². The van der Waals surface area contributed by atoms with E-state index in [1.54, 1.807) is 26.4 Å². The first kappa shape index (κ1) is 17.6. The molecule has 2 aromatic rings. The van der Waals surface area contributed by atoms with E-state index in [-0.39, 0.29) is 11.9 Å². The second kappa shape index (κ2) is 8.76. The highest BCUT2D eigenvalue weighted by Crippen LogP contribution is 2.10. The smallest absolute Gasteiger partial charge is 0.251 e. The predicted octanol–water partition coefficient (Wildman–Crippen LogP) is 2.86. The molecule has 0 saturated heterocycles. The monoisotopic (exact) mass is 323 g/mol. The molecule has 1 atom stereocenters. The molecule has 0 saturated carbocycles. The molecule has 0 aliphatic carbocycles. The first-order chi connectivity index (χ1) is 11.6. The van der Waals surface area contributed by atoms with Crippen molar-refractivity contribution in [2.45, 2.75) is 13.0 Å². The van der Waals surface area contributed by atoms with Gasteiger partial charge in [-0.15, -0.1) is 0 Å². The molecule has 0 heterocycles. The van der Waals surface area contributed by atoms with E-state index in [9.17, 15) is 4.79 Å². The summed E-state index contributed by atoms with van der Waals surface area (Å²) in [7, 11) is 3.24. The fraction of sp³-hybridized carbons (Fsp3) is 0.250. The van der Waals surface area contributed by atoms with Crippen molar-refractivity contribution >= 4 is 5.91 Å². The molecule has 0 aliphatic rings. The zero-order valence-electron chi connectivity index (χ0n) is 14.1. The summed E-state index contributed by atoms with van der Waals surface area (Å²) in [5, 5.41) is 2.87. The van der Waals surface area contributed by atoms with Gasteiger partial charge in [-0.2, -0.15) is 0 Å². The van der Waals surface area contributed by atoms with Gasteiger partial charge in [-0.1, -0.05) is 11.8 Å². The van der Waals surface area contributed by atoms with Crippen molar-refractivity contribution in [1.29, 1.82) is 0 Å². The first-order valence-electron chi connectivity index (χ1n) is 7.68. The van der Waals surface area contributed by atoms with Crippen LogP contribution in [-0.4, -0.2) is 32.8 Å². The van der Waals surface area contributed by atoms with Crippen LogP contribution in [0.1, 0.15) is 28.4 Å². The van der Waals surface area contributed by atoms with Gasteiger partial charge in [0.15, 0.2) is 0 Å². The van der Waals surface area contributed by atoms with Gasteiger partial charge in [0.1, 0.15) is 5.75 Å². The van der Waals surface area contributed by atoms with E-state index in [0.29, 0.717) is 12.2 Å². The maximum atomic E-state index is 12.1. The molecule has 0 bridgehead atoms. The van der Waals surface area contributed by atoms with Gasteiger partial charge < -0.3 is 14.8 Å². The quantitative estimate of drug-likeness (QED) is 0.861. The lowest BCUT2D eigenvalue weighted by Gasteiger charge is -2.12. The van der Waals surface area contributed by atoms with E-state index in [4.69, 9.17) is 9.47 Å². The minimum Gasteiger partial charge on any atom is -0.497 e. The minimum absolute atomic E-state index is 0.0305. The molecule has 1 amide bonds. The largest absolute Gasteiger partial charge is 0.497 e. The summed E-state index contributed by atoms with van der Waals surface area (Å²) >= 11 is 0. The van der Waals surface area contributed by atoms with Gasteiger partial charge >= 0.3 is 0 Å². The number of amides is 1. The van der Waals surface area contributed by atoms with Gasteiger partial charge in [-0.05, 0) is 55.5 Å². The molecule has 24 heavy (non-hydrogen) atoms. The van der Waals surface area contributed by atoms with Crippen LogP contribution in [0.2, 0.25) is 0 Å². The molecule has 0 fully saturated rings. The van der Waals surface area contributed by atoms with Gasteiger partial charge in [0, 0.05) is 29.8 Å². The van der Waals surface area contributed by atoms with Gasteiger partial charge in [0.05, 0.1) is 13.7 Å². The Bertz CT molecular complexity index is 724. The van der Waals surface area contributed by atoms with Crippen LogP contribution in [0.15, 0.2) is 48.5 Å². The second-order valence-corrected chi connectivity index (χ2v) is 5.39. The molecule has 1 N–H and O–H groups in total. The number of hydrogen-bond acceptors (Lipinski definition) is 3. The van der Waals surface area contributed by atoms with E-state index in [1.165, 1.54) is 0 Å². The zero-order valence-corrected chi connectivity index (χ0v) is 14.1. The van der Waals surface area contributed by atoms with Gasteiger partial charge in [0.2, 0.25) is 0 Å². The van der Waals surface area contributed by atoms with Crippen molar-refractivity contribution in [2.75, 3.05) is 20.8 Å². The average Bonchev–Trinajstić information content (AvgIpc) is 2.61. The lowest BCUT2D eigenvalue weighted by atomic mass is 10.1. The number of benzene rings is 2. The number of rotatable bonds is 5. The summed E-state index contributed by atoms with van der Waals surface area (Å²) in [5.41, 5.74) is 2.37. The zero-order chi connectivity index (χ0) is 17.4. The Kier molecular flexibility index (Phi) is 6.41. The molecular formula is C20H21NO3. The van der Waals surface area contributed by atoms with Crippen molar-refractivity contribution < 1.29 is 14.3 Å². The number of methoxy groups -OCH3 is 2. The molecular weight excluding hydrogens is 302 g/mol. The second-order valence-electron chi connectivity index (χ2n) is 5.39. The minimum atomic E-state index is -0.116. The number of nitrogens with one attached hydrogen (secondary N) is 1. The van der Waals surface area contributed by atoms with E-state index in [1.807, 2.05) is 43.3 Å². The Balaban J connectivity index is 2.01. The SMILES string of the molecule is COCC(C)NC(=O)c1ccc(C#Cc2ccc(OC)cc2)cc1. The van der Waals surface area contributed by atoms with Crippen LogP contribution in [0.25, 0.3) is 0 Å². The lowest BCUT2D eigenvalue weighted by molar-refractivity contribution is 0.0905. The highest BCUT2D eigenvalue weighted by atomic mass is 16.5. The summed E-state index contributed by atoms with van der Waals surface area (Å²) in [6.07, 6.45) is 0. The number of carbonyl (C=O) groups excluding carboxylic acids is 1. The van der Waals surface area contributed by atoms with Crippen molar-refractivity contribution in [3.63, 3.8) is 0 Å². The molecule has 0 radical (unpaired) electrons. The third-order valence-electron chi connectivity index (χ3n) is 3.38. The number of ether oxygens (including phenoxy) is 2. The molecule has 0 aliphatic heterocycles. The van der Waals surface area contributed by atoms with Crippen LogP contribution in [0.4, 0.5) is 0 Å². The molecule has 2 rings (SSSR count). The third kappa shape index (κ3) is 5.15. The summed E-state index contributed by atoms with van der Waals surface area (Å²) in [6, 6.07) is 14.8. The lowest BCUT2D eigenvalue weighted by Crippen LogP contribution is -2.35. The Morgan fingerprint density at radius 1 is 1.00 bits per heavy atom. The van der Waals surface area contributed by atoms with Crippen molar-refractivity contribution in [1.82, 2.24) is 5.32 Å². The van der Waals surface area contributed by atoms with Crippen LogP contribution in [-0.2, 0) is 4.74 Å². The standard InChI is InChI=1S/C20H21NO3/c1-15(14-23-2)21-20(22)18-10-6-16(7-11-18)4-5-17-8-12-19(24-3)13-9-17/h6-13,15H,14H2,1-3H3,(H,21,22). The Morgan fingerprint density at radius 3 is 2.04 bits per heavy atom. The van der Waals surface area contributed by atoms with Crippen molar-refractivity contribution in [3.05, 3.63) is 65.2 Å². The van der Waals surface area contributed by atoms with Crippen molar-refractivity contribution in [2.24, 2.45) is 0 Å². The molecule has 124 valence electrons. The Labute approximate surface area is 142 Å². The molecule has 1 unspecified atom stereocenters. The fourth-order valence-corrected chi connectivity index (χ4v) is 2.12. The van der Waals surface area contributed by atoms with Crippen LogP contribution < -0.4 is 10.1 Å². The Hall–Kier alpha value is -2.77. The van der Waals surface area contributed by atoms with E-state index >= 15 is 0 Å². The topological polar surface area (TPSA) is 47.6 Å². The summed E-state index contributed by atoms with van der Waals surface area (Å²) in [6.45, 7) is 2.38. The van der Waals surface area contributed by atoms with Crippen LogP contribution in [0.3, 0.4) is 0 Å². The molecule has 0 aromatic heterocycles. The van der Waals surface area contributed by atoms with Crippen molar-refractivity contribution in [3.8, 4) is 17.6 Å². The molecule has 4 heteroatoms. The Morgan fingerprint density at radius 2 is 1.54 bits per heavy atom. The van der Waals surface area contributed by atoms with Gasteiger partial charge in [-0.3, -0.25) is 4.79 Å². The highest BCUT2D eigenvalue weighted by molar-refractivity contribution is 5.94. The maximum absolute atomic E-state index is 12.1. The van der Waals surface area contributed by atoms with Gasteiger partial charge in [0.25, 0.3) is 5.91 Å². The average molecular weight is 323 g/mol. The summed E-state index contributed by atoms with van der Waals surface area (Å²) < 4.78 is 10.1. The van der Waals surface area contributed by atoms with Gasteiger partial charge in [-0.25, -0.2) is 0 Å². The van der Waals surface area contributed by atoms with E-state index < -0.39 is 0 Å². The molecule has 0 spiro atoms. The molecule has 2 aromatic carbocycles. The highest BCUT2D eigenvalue weighted by Gasteiger charge is 2.08. The number of hydrogen-bond donors (Lipinski definition) is 1. The maximum Gasteiger partial charge on any atom is 0.251 e. The number of carbonyl (C=O) groups is 1. The normalized spacial score (nSPS) is 11.1. The van der Waals surface area contributed by atoms with Crippen LogP contribution >= 0.6 is 0 Å². The summed E-state index contributed by atoms with van der Waals surface area (Å²) in [5.74, 6) is 6.86. The molecule has 4 nitrogen and oxygen atoms in total. The first-order valence-corrected chi connectivity index (χ1v) is 7.68. The fourth-order valence-electron chi connectivity index (χ4n) is 2.12. The van der Waals surface area contributed by atoms with Crippen LogP contribution in [0, 0.1) is 11.8 Å². The summed E-state index contributed by atoms with van der Waals surface area (Å²) in [4.78, 5) is 12.1. The van der Waals surface area contributed by atoms with E-state index in [0.717, 1.165) is 16.9 Å². The van der Waals surface area contributed by atoms with E-state index in [2.05, 4.69) is 17.2 Å². The predicted molar refractivity (Wildman–Crippen MR) is 94.2 cm³/mol. The third-order valence-corrected chi connectivity index (χ3v) is 3.38.